The summed E-state index contributed by atoms with van der Waals surface area (Å²) in [7, 11) is 0. The highest BCUT2D eigenvalue weighted by Crippen LogP contribution is 2.32. The molecular weight excluding hydrogens is 220 g/mol. The summed E-state index contributed by atoms with van der Waals surface area (Å²) in [6, 6.07) is 0.977. The molecule has 2 N–H and O–H groups in total. The molecule has 0 aliphatic heterocycles. The molecule has 0 radical (unpaired) electrons. The minimum Gasteiger partial charge on any atom is -0.326 e. The van der Waals surface area contributed by atoms with Gasteiger partial charge < -0.3 is 5.73 Å². The van der Waals surface area contributed by atoms with Crippen molar-refractivity contribution in [1.82, 2.24) is 4.90 Å². The van der Waals surface area contributed by atoms with Gasteiger partial charge in [-0.1, -0.05) is 47.5 Å². The summed E-state index contributed by atoms with van der Waals surface area (Å²) in [4.78, 5) is 2.67. The average Bonchev–Trinajstić information content (AvgIpc) is 2.32. The second kappa shape index (κ2) is 7.49. The third-order valence-electron chi connectivity index (χ3n) is 4.95. The highest BCUT2D eigenvalue weighted by molar-refractivity contribution is 4.92. The second-order valence-electron chi connectivity index (χ2n) is 6.48. The van der Waals surface area contributed by atoms with Crippen molar-refractivity contribution in [2.75, 3.05) is 13.1 Å². The predicted octanol–water partition coefficient (Wildman–Crippen LogP) is 3.51. The Hall–Kier alpha value is -0.0800. The molecule has 0 amide bonds. The fraction of sp³-hybridized carbons (Fsp3) is 1.00. The van der Waals surface area contributed by atoms with Gasteiger partial charge in [-0.3, -0.25) is 4.90 Å². The molecule has 1 aliphatic carbocycles. The van der Waals surface area contributed by atoms with Crippen molar-refractivity contribution in [3.63, 3.8) is 0 Å². The predicted molar refractivity (Wildman–Crippen MR) is 80.6 cm³/mol. The zero-order valence-corrected chi connectivity index (χ0v) is 13.2. The van der Waals surface area contributed by atoms with Gasteiger partial charge in [0.2, 0.25) is 0 Å². The highest BCUT2D eigenvalue weighted by Gasteiger charge is 2.35. The molecule has 2 nitrogen and oxygen atoms in total. The number of hydrogen-bond donors (Lipinski definition) is 1. The van der Waals surface area contributed by atoms with Gasteiger partial charge >= 0.3 is 0 Å². The molecule has 1 fully saturated rings. The third kappa shape index (κ3) is 3.96. The Labute approximate surface area is 114 Å². The number of hydrogen-bond acceptors (Lipinski definition) is 2. The van der Waals surface area contributed by atoms with Crippen molar-refractivity contribution < 1.29 is 0 Å². The summed E-state index contributed by atoms with van der Waals surface area (Å²) in [5.74, 6) is 2.39. The second-order valence-corrected chi connectivity index (χ2v) is 6.48. The van der Waals surface area contributed by atoms with Crippen LogP contribution in [0.25, 0.3) is 0 Å². The van der Waals surface area contributed by atoms with Crippen molar-refractivity contribution in [2.24, 2.45) is 23.5 Å². The molecule has 4 unspecified atom stereocenters. The van der Waals surface area contributed by atoms with Gasteiger partial charge in [0.1, 0.15) is 0 Å². The van der Waals surface area contributed by atoms with E-state index in [1.807, 2.05) is 0 Å². The first-order chi connectivity index (χ1) is 8.53. The summed E-state index contributed by atoms with van der Waals surface area (Å²) in [6.07, 6.45) is 5.13. The minimum absolute atomic E-state index is 0.373. The lowest BCUT2D eigenvalue weighted by molar-refractivity contribution is 0.0653. The van der Waals surface area contributed by atoms with Gasteiger partial charge in [-0.15, -0.1) is 0 Å². The van der Waals surface area contributed by atoms with E-state index in [0.717, 1.165) is 24.3 Å². The summed E-state index contributed by atoms with van der Waals surface area (Å²) in [5.41, 5.74) is 6.45. The number of nitrogens with two attached hydrogens (primary N) is 1. The number of likely N-dealkylation sites (N-methyl/N-ethyl adjacent to an activating group) is 1. The van der Waals surface area contributed by atoms with Gasteiger partial charge in [-0.05, 0) is 37.1 Å². The molecule has 0 aromatic heterocycles. The minimum atomic E-state index is 0.373. The number of rotatable bonds is 6. The Morgan fingerprint density at radius 2 is 1.72 bits per heavy atom. The lowest BCUT2D eigenvalue weighted by Crippen LogP contribution is -2.55. The molecular formula is C16H34N2. The van der Waals surface area contributed by atoms with E-state index >= 15 is 0 Å². The molecule has 1 aliphatic rings. The maximum atomic E-state index is 6.45. The van der Waals surface area contributed by atoms with Crippen LogP contribution in [0.15, 0.2) is 0 Å². The molecule has 4 atom stereocenters. The van der Waals surface area contributed by atoms with E-state index in [9.17, 15) is 0 Å². The zero-order chi connectivity index (χ0) is 13.7. The Balaban J connectivity index is 2.67. The quantitative estimate of drug-likeness (QED) is 0.786. The zero-order valence-electron chi connectivity index (χ0n) is 13.2. The normalized spacial score (nSPS) is 33.3. The van der Waals surface area contributed by atoms with Crippen LogP contribution in [0.5, 0.6) is 0 Å². The Morgan fingerprint density at radius 3 is 2.17 bits per heavy atom. The summed E-state index contributed by atoms with van der Waals surface area (Å²) in [5, 5.41) is 0. The first kappa shape index (κ1) is 16.0. The van der Waals surface area contributed by atoms with Gasteiger partial charge in [0.25, 0.3) is 0 Å². The summed E-state index contributed by atoms with van der Waals surface area (Å²) < 4.78 is 0. The van der Waals surface area contributed by atoms with E-state index in [2.05, 4.69) is 39.5 Å². The average molecular weight is 254 g/mol. The first-order valence-corrected chi connectivity index (χ1v) is 8.02. The molecule has 1 saturated carbocycles. The molecule has 18 heavy (non-hydrogen) atoms. The number of nitrogens with zero attached hydrogens (tertiary/aromatic N) is 1. The molecule has 0 aromatic carbocycles. The summed E-state index contributed by atoms with van der Waals surface area (Å²) in [6.45, 7) is 14.1. The lowest BCUT2D eigenvalue weighted by atomic mass is 9.76. The largest absolute Gasteiger partial charge is 0.326 e. The smallest absolute Gasteiger partial charge is 0.0272 e. The molecule has 108 valence electrons. The van der Waals surface area contributed by atoms with Crippen LogP contribution in [0, 0.1) is 17.8 Å². The van der Waals surface area contributed by atoms with Gasteiger partial charge in [0.15, 0.2) is 0 Å². The molecule has 0 bridgehead atoms. The SMILES string of the molecule is CCC(CC)CN(CC)C1C(C)CC(C)CC1N. The van der Waals surface area contributed by atoms with Gasteiger partial charge in [-0.2, -0.15) is 0 Å². The fourth-order valence-electron chi connectivity index (χ4n) is 3.87. The molecule has 1 rings (SSSR count). The van der Waals surface area contributed by atoms with Gasteiger partial charge in [0, 0.05) is 18.6 Å². The van der Waals surface area contributed by atoms with E-state index in [0.29, 0.717) is 12.1 Å². The van der Waals surface area contributed by atoms with Crippen LogP contribution in [-0.2, 0) is 0 Å². The Morgan fingerprint density at radius 1 is 1.11 bits per heavy atom. The van der Waals surface area contributed by atoms with E-state index in [1.54, 1.807) is 0 Å². The van der Waals surface area contributed by atoms with Gasteiger partial charge in [0.05, 0.1) is 0 Å². The molecule has 0 aromatic rings. The van der Waals surface area contributed by atoms with Crippen LogP contribution in [0.4, 0.5) is 0 Å². The van der Waals surface area contributed by atoms with Crippen LogP contribution in [0.1, 0.15) is 60.3 Å². The maximum absolute atomic E-state index is 6.45. The monoisotopic (exact) mass is 254 g/mol. The van der Waals surface area contributed by atoms with Crippen LogP contribution in [-0.4, -0.2) is 30.1 Å². The molecule has 0 saturated heterocycles. The van der Waals surface area contributed by atoms with Gasteiger partial charge in [-0.25, -0.2) is 0 Å². The van der Waals surface area contributed by atoms with E-state index in [4.69, 9.17) is 5.73 Å². The molecule has 0 heterocycles. The topological polar surface area (TPSA) is 29.3 Å². The van der Waals surface area contributed by atoms with Crippen molar-refractivity contribution in [3.05, 3.63) is 0 Å². The third-order valence-corrected chi connectivity index (χ3v) is 4.95. The highest BCUT2D eigenvalue weighted by atomic mass is 15.2. The van der Waals surface area contributed by atoms with Crippen LogP contribution < -0.4 is 5.73 Å². The van der Waals surface area contributed by atoms with E-state index in [-0.39, 0.29) is 0 Å². The Bertz CT molecular complexity index is 213. The van der Waals surface area contributed by atoms with E-state index in [1.165, 1.54) is 32.2 Å². The van der Waals surface area contributed by atoms with Crippen LogP contribution in [0.2, 0.25) is 0 Å². The fourth-order valence-corrected chi connectivity index (χ4v) is 3.87. The van der Waals surface area contributed by atoms with E-state index < -0.39 is 0 Å². The first-order valence-electron chi connectivity index (χ1n) is 8.02. The van der Waals surface area contributed by atoms with Crippen LogP contribution in [0.3, 0.4) is 0 Å². The van der Waals surface area contributed by atoms with Crippen molar-refractivity contribution in [1.29, 1.82) is 0 Å². The Kier molecular flexibility index (Phi) is 6.65. The van der Waals surface area contributed by atoms with Crippen molar-refractivity contribution in [2.45, 2.75) is 72.4 Å². The molecule has 0 spiro atoms. The van der Waals surface area contributed by atoms with Crippen LogP contribution >= 0.6 is 0 Å². The summed E-state index contributed by atoms with van der Waals surface area (Å²) >= 11 is 0. The standard InChI is InChI=1S/C16H34N2/c1-6-14(7-2)11-18(8-3)16-13(5)9-12(4)10-15(16)17/h12-16H,6-11,17H2,1-5H3. The maximum Gasteiger partial charge on any atom is 0.0272 e. The lowest BCUT2D eigenvalue weighted by Gasteiger charge is -2.45. The molecule has 2 heteroatoms. The van der Waals surface area contributed by atoms with Crippen molar-refractivity contribution in [3.8, 4) is 0 Å². The van der Waals surface area contributed by atoms with Crippen molar-refractivity contribution >= 4 is 0 Å².